The number of nitrogens with one attached hydrogen (secondary N) is 1. The number of aryl methyl sites for hydroxylation is 1. The highest BCUT2D eigenvalue weighted by molar-refractivity contribution is 7.98. The quantitative estimate of drug-likeness (QED) is 0.807. The highest BCUT2D eigenvalue weighted by Crippen LogP contribution is 2.23. The molecule has 16 heavy (non-hydrogen) atoms. The van der Waals surface area contributed by atoms with E-state index in [9.17, 15) is 0 Å². The summed E-state index contributed by atoms with van der Waals surface area (Å²) in [6, 6.07) is 6.90. The SMILES string of the molecule is CSc1ccc(CC2CCNCC2)c(C)c1. The smallest absolute Gasteiger partial charge is 0.00719 e. The van der Waals surface area contributed by atoms with E-state index in [1.807, 2.05) is 11.8 Å². The lowest BCUT2D eigenvalue weighted by Crippen LogP contribution is -2.28. The van der Waals surface area contributed by atoms with Gasteiger partial charge in [0, 0.05) is 4.90 Å². The minimum atomic E-state index is 0.889. The third-order valence-corrected chi connectivity index (χ3v) is 4.24. The molecule has 0 bridgehead atoms. The lowest BCUT2D eigenvalue weighted by molar-refractivity contribution is 0.372. The van der Waals surface area contributed by atoms with E-state index >= 15 is 0 Å². The van der Waals surface area contributed by atoms with Gasteiger partial charge in [-0.25, -0.2) is 0 Å². The summed E-state index contributed by atoms with van der Waals surface area (Å²) in [6.07, 6.45) is 6.08. The van der Waals surface area contributed by atoms with Gasteiger partial charge in [0.15, 0.2) is 0 Å². The Morgan fingerprint density at radius 1 is 1.31 bits per heavy atom. The third-order valence-electron chi connectivity index (χ3n) is 3.52. The van der Waals surface area contributed by atoms with Crippen LogP contribution in [-0.2, 0) is 6.42 Å². The minimum absolute atomic E-state index is 0.889. The molecule has 1 aliphatic heterocycles. The maximum Gasteiger partial charge on any atom is 0.00719 e. The van der Waals surface area contributed by atoms with Crippen molar-refractivity contribution in [3.63, 3.8) is 0 Å². The second-order valence-electron chi connectivity index (χ2n) is 4.69. The Balaban J connectivity index is 2.03. The molecule has 1 nitrogen and oxygen atoms in total. The lowest BCUT2D eigenvalue weighted by Gasteiger charge is -2.23. The van der Waals surface area contributed by atoms with Gasteiger partial charge in [0.2, 0.25) is 0 Å². The van der Waals surface area contributed by atoms with Crippen LogP contribution in [0.4, 0.5) is 0 Å². The molecular weight excluding hydrogens is 214 g/mol. The first kappa shape index (κ1) is 12.0. The minimum Gasteiger partial charge on any atom is -0.317 e. The van der Waals surface area contributed by atoms with Crippen LogP contribution >= 0.6 is 11.8 Å². The van der Waals surface area contributed by atoms with Crippen molar-refractivity contribution >= 4 is 11.8 Å². The molecule has 1 aromatic rings. The Hall–Kier alpha value is -0.470. The highest BCUT2D eigenvalue weighted by atomic mass is 32.2. The van der Waals surface area contributed by atoms with Crippen LogP contribution in [0.2, 0.25) is 0 Å². The Morgan fingerprint density at radius 2 is 2.06 bits per heavy atom. The van der Waals surface area contributed by atoms with Crippen molar-refractivity contribution in [2.24, 2.45) is 5.92 Å². The van der Waals surface area contributed by atoms with Gasteiger partial charge in [0.25, 0.3) is 0 Å². The standard InChI is InChI=1S/C14H21NS/c1-11-9-14(16-2)4-3-13(11)10-12-5-7-15-8-6-12/h3-4,9,12,15H,5-8,10H2,1-2H3. The summed E-state index contributed by atoms with van der Waals surface area (Å²) < 4.78 is 0. The molecule has 0 aliphatic carbocycles. The lowest BCUT2D eigenvalue weighted by atomic mass is 9.89. The topological polar surface area (TPSA) is 12.0 Å². The summed E-state index contributed by atoms with van der Waals surface area (Å²) in [6.45, 7) is 4.65. The van der Waals surface area contributed by atoms with Gasteiger partial charge in [-0.15, -0.1) is 11.8 Å². The molecule has 0 radical (unpaired) electrons. The van der Waals surface area contributed by atoms with Gasteiger partial charge >= 0.3 is 0 Å². The number of piperidine rings is 1. The van der Waals surface area contributed by atoms with Crippen LogP contribution in [0.15, 0.2) is 23.1 Å². The van der Waals surface area contributed by atoms with Gasteiger partial charge in [-0.05, 0) is 74.7 Å². The van der Waals surface area contributed by atoms with Crippen molar-refractivity contribution in [2.45, 2.75) is 31.1 Å². The zero-order valence-electron chi connectivity index (χ0n) is 10.3. The summed E-state index contributed by atoms with van der Waals surface area (Å²) in [7, 11) is 0. The Kier molecular flexibility index (Phi) is 4.30. The molecule has 0 aromatic heterocycles. The summed E-state index contributed by atoms with van der Waals surface area (Å²) in [5, 5.41) is 3.43. The molecule has 0 unspecified atom stereocenters. The average Bonchev–Trinajstić information content (AvgIpc) is 2.33. The van der Waals surface area contributed by atoms with Crippen LogP contribution in [0.1, 0.15) is 24.0 Å². The van der Waals surface area contributed by atoms with E-state index in [1.165, 1.54) is 42.8 Å². The number of rotatable bonds is 3. The molecular formula is C14H21NS. The molecule has 0 atom stereocenters. The van der Waals surface area contributed by atoms with Gasteiger partial charge in [-0.2, -0.15) is 0 Å². The summed E-state index contributed by atoms with van der Waals surface area (Å²) in [5.74, 6) is 0.889. The average molecular weight is 235 g/mol. The number of hydrogen-bond donors (Lipinski definition) is 1. The second-order valence-corrected chi connectivity index (χ2v) is 5.57. The van der Waals surface area contributed by atoms with Crippen LogP contribution in [0.25, 0.3) is 0 Å². The van der Waals surface area contributed by atoms with Crippen molar-refractivity contribution in [1.82, 2.24) is 5.32 Å². The first-order valence-corrected chi connectivity index (χ1v) is 7.36. The first-order valence-electron chi connectivity index (χ1n) is 6.14. The molecule has 1 saturated heterocycles. The Morgan fingerprint density at radius 3 is 2.69 bits per heavy atom. The van der Waals surface area contributed by atoms with Gasteiger partial charge in [-0.1, -0.05) is 6.07 Å². The monoisotopic (exact) mass is 235 g/mol. The van der Waals surface area contributed by atoms with E-state index in [-0.39, 0.29) is 0 Å². The zero-order valence-corrected chi connectivity index (χ0v) is 11.1. The van der Waals surface area contributed by atoms with Crippen LogP contribution in [0.3, 0.4) is 0 Å². The van der Waals surface area contributed by atoms with Crippen molar-refractivity contribution in [2.75, 3.05) is 19.3 Å². The molecule has 1 aliphatic rings. The molecule has 0 spiro atoms. The summed E-state index contributed by atoms with van der Waals surface area (Å²) >= 11 is 1.83. The molecule has 1 fully saturated rings. The fourth-order valence-electron chi connectivity index (χ4n) is 2.42. The second kappa shape index (κ2) is 5.74. The van der Waals surface area contributed by atoms with Crippen LogP contribution in [-0.4, -0.2) is 19.3 Å². The molecule has 1 heterocycles. The van der Waals surface area contributed by atoms with E-state index in [0.717, 1.165) is 5.92 Å². The molecule has 0 amide bonds. The summed E-state index contributed by atoms with van der Waals surface area (Å²) in [5.41, 5.74) is 3.01. The van der Waals surface area contributed by atoms with Gasteiger partial charge in [0.1, 0.15) is 0 Å². The Bertz CT molecular complexity index is 343. The summed E-state index contributed by atoms with van der Waals surface area (Å²) in [4.78, 5) is 1.38. The Labute approximate surface area is 103 Å². The maximum absolute atomic E-state index is 3.43. The van der Waals surface area contributed by atoms with Crippen molar-refractivity contribution in [1.29, 1.82) is 0 Å². The van der Waals surface area contributed by atoms with E-state index in [0.29, 0.717) is 0 Å². The molecule has 1 N–H and O–H groups in total. The third kappa shape index (κ3) is 3.02. The van der Waals surface area contributed by atoms with Gasteiger partial charge < -0.3 is 5.32 Å². The van der Waals surface area contributed by atoms with Crippen LogP contribution in [0.5, 0.6) is 0 Å². The van der Waals surface area contributed by atoms with E-state index in [4.69, 9.17) is 0 Å². The fourth-order valence-corrected chi connectivity index (χ4v) is 2.92. The zero-order chi connectivity index (χ0) is 11.4. The van der Waals surface area contributed by atoms with E-state index < -0.39 is 0 Å². The van der Waals surface area contributed by atoms with Crippen LogP contribution < -0.4 is 5.32 Å². The molecule has 2 rings (SSSR count). The van der Waals surface area contributed by atoms with Crippen molar-refractivity contribution in [3.05, 3.63) is 29.3 Å². The predicted octanol–water partition coefficient (Wildman–Crippen LogP) is 3.26. The largest absolute Gasteiger partial charge is 0.317 e. The molecule has 1 aromatic carbocycles. The molecule has 88 valence electrons. The van der Waals surface area contributed by atoms with Crippen molar-refractivity contribution < 1.29 is 0 Å². The maximum atomic E-state index is 3.43. The van der Waals surface area contributed by atoms with E-state index in [2.05, 4.69) is 36.7 Å². The predicted molar refractivity (Wildman–Crippen MR) is 72.3 cm³/mol. The van der Waals surface area contributed by atoms with Crippen LogP contribution in [0, 0.1) is 12.8 Å². The highest BCUT2D eigenvalue weighted by Gasteiger charge is 2.14. The first-order chi connectivity index (χ1) is 7.79. The molecule has 0 saturated carbocycles. The van der Waals surface area contributed by atoms with Gasteiger partial charge in [0.05, 0.1) is 0 Å². The van der Waals surface area contributed by atoms with E-state index in [1.54, 1.807) is 5.56 Å². The molecule has 2 heteroatoms. The van der Waals surface area contributed by atoms with Crippen molar-refractivity contribution in [3.8, 4) is 0 Å². The van der Waals surface area contributed by atoms with Gasteiger partial charge in [-0.3, -0.25) is 0 Å². The number of thioether (sulfide) groups is 1. The number of hydrogen-bond acceptors (Lipinski definition) is 2. The normalized spacial score (nSPS) is 17.6. The fraction of sp³-hybridized carbons (Fsp3) is 0.571. The number of benzene rings is 1.